The van der Waals surface area contributed by atoms with Gasteiger partial charge in [0.05, 0.1) is 0 Å². The average Bonchev–Trinajstić information content (AvgIpc) is 1.38. The van der Waals surface area contributed by atoms with Crippen molar-refractivity contribution in [2.75, 3.05) is 0 Å². The summed E-state index contributed by atoms with van der Waals surface area (Å²) in [5.41, 5.74) is 0. The second-order valence-electron chi connectivity index (χ2n) is 0.464. The van der Waals surface area contributed by atoms with Crippen molar-refractivity contribution in [3.8, 4) is 0 Å². The minimum Gasteiger partial charge on any atom is -0.586 e. The van der Waals surface area contributed by atoms with Crippen LogP contribution in [0.1, 0.15) is 0 Å². The zero-order valence-electron chi connectivity index (χ0n) is 3.52. The average molecular weight is 93.0 g/mol. The molecule has 6 heavy (non-hydrogen) atoms. The number of hydrogen-bond acceptors (Lipinski definition) is 2. The monoisotopic (exact) mass is 93.0 g/mol. The van der Waals surface area contributed by atoms with Gasteiger partial charge in [-0.15, -0.1) is 5.97 Å². The van der Waals surface area contributed by atoms with Crippen molar-refractivity contribution in [1.82, 2.24) is 0 Å². The summed E-state index contributed by atoms with van der Waals surface area (Å²) in [7, 11) is 0. The third-order valence-electron chi connectivity index (χ3n) is 0.144. The normalized spacial score (nSPS) is 5.33. The Kier molecular flexibility index (Phi) is 8.26. The van der Waals surface area contributed by atoms with Crippen LogP contribution in [0.25, 0.3) is 0 Å². The molecule has 0 aliphatic heterocycles. The van der Waals surface area contributed by atoms with Crippen LogP contribution in [0.5, 0.6) is 0 Å². The zero-order valence-corrected chi connectivity index (χ0v) is 5.52. The quantitative estimate of drug-likeness (QED) is 0.187. The maximum Gasteiger partial charge on any atom is 1.00 e. The number of carboxylic acid groups (broad SMARTS) is 1. The summed E-state index contributed by atoms with van der Waals surface area (Å²) in [6.07, 6.45) is 1.58. The molecular formula is C3H2NaO2-. The van der Waals surface area contributed by atoms with Crippen molar-refractivity contribution in [3.05, 3.63) is 12.7 Å². The van der Waals surface area contributed by atoms with Crippen LogP contribution in [0.4, 0.5) is 0 Å². The number of carbonyl (C=O) groups is 1. The van der Waals surface area contributed by atoms with Crippen LogP contribution in [0.15, 0.2) is 6.58 Å². The predicted octanol–water partition coefficient (Wildman–Crippen LogP) is -4.27. The van der Waals surface area contributed by atoms with Crippen LogP contribution in [0, 0.1) is 6.08 Å². The van der Waals surface area contributed by atoms with Gasteiger partial charge in [0, 0.05) is 0 Å². The smallest absolute Gasteiger partial charge is 0.586 e. The molecule has 0 aromatic rings. The second kappa shape index (κ2) is 5.21. The van der Waals surface area contributed by atoms with Gasteiger partial charge in [0.15, 0.2) is 0 Å². The molecule has 0 saturated heterocycles. The van der Waals surface area contributed by atoms with E-state index in [9.17, 15) is 0 Å². The zero-order chi connectivity index (χ0) is 4.28. The second-order valence-corrected chi connectivity index (χ2v) is 0.464. The van der Waals surface area contributed by atoms with Crippen molar-refractivity contribution >= 4 is 5.97 Å². The summed E-state index contributed by atoms with van der Waals surface area (Å²) in [6, 6.07) is 0. The van der Waals surface area contributed by atoms with E-state index in [1.165, 1.54) is 0 Å². The summed E-state index contributed by atoms with van der Waals surface area (Å²) >= 11 is 0. The fourth-order valence-electron chi connectivity index (χ4n) is 0. The Morgan fingerprint density at radius 3 is 2.00 bits per heavy atom. The molecular weight excluding hydrogens is 91.0 g/mol. The fraction of sp³-hybridized carbons (Fsp3) is 0. The molecule has 0 aliphatic carbocycles. The summed E-state index contributed by atoms with van der Waals surface area (Å²) in [4.78, 5) is 9.08. The Hall–Kier alpha value is 0.210. The molecule has 3 heteroatoms. The standard InChI is InChI=1S/C3H3O2.Na/c1-2-3(4)5;/h1H2,(H,4,5);/q-1;+1/p-1. The van der Waals surface area contributed by atoms with Crippen molar-refractivity contribution < 1.29 is 39.5 Å². The Morgan fingerprint density at radius 1 is 1.83 bits per heavy atom. The molecule has 0 amide bonds. The van der Waals surface area contributed by atoms with Gasteiger partial charge >= 0.3 is 29.6 Å². The van der Waals surface area contributed by atoms with Gasteiger partial charge in [-0.2, -0.15) is 0 Å². The fourth-order valence-corrected chi connectivity index (χ4v) is 0. The molecule has 2 nitrogen and oxygen atoms in total. The number of rotatable bonds is 1. The Labute approximate surface area is 58.1 Å². The van der Waals surface area contributed by atoms with Gasteiger partial charge in [-0.05, 0) is 0 Å². The van der Waals surface area contributed by atoms with Gasteiger partial charge in [0.2, 0.25) is 0 Å². The van der Waals surface area contributed by atoms with E-state index in [1.807, 2.05) is 0 Å². The molecule has 0 N–H and O–H groups in total. The van der Waals surface area contributed by atoms with Gasteiger partial charge in [0.25, 0.3) is 0 Å². The van der Waals surface area contributed by atoms with Crippen LogP contribution in [0.2, 0.25) is 0 Å². The first kappa shape index (κ1) is 9.51. The Balaban J connectivity index is 0. The SMILES string of the molecule is C=[C-]C(=O)[O-].[Na+]. The van der Waals surface area contributed by atoms with Crippen LogP contribution < -0.4 is 34.7 Å². The van der Waals surface area contributed by atoms with E-state index in [0.717, 1.165) is 0 Å². The first-order valence-electron chi connectivity index (χ1n) is 1.01. The van der Waals surface area contributed by atoms with Crippen LogP contribution >= 0.6 is 0 Å². The molecule has 0 unspecified atom stereocenters. The maximum absolute atomic E-state index is 9.08. The first-order valence-corrected chi connectivity index (χ1v) is 1.01. The van der Waals surface area contributed by atoms with Crippen molar-refractivity contribution in [2.24, 2.45) is 0 Å². The molecule has 0 aliphatic rings. The van der Waals surface area contributed by atoms with Gasteiger partial charge < -0.3 is 16.0 Å². The van der Waals surface area contributed by atoms with Crippen molar-refractivity contribution in [3.63, 3.8) is 0 Å². The van der Waals surface area contributed by atoms with Crippen LogP contribution in [-0.2, 0) is 4.79 Å². The number of aliphatic carboxylic acids is 1. The van der Waals surface area contributed by atoms with Crippen LogP contribution in [-0.4, -0.2) is 5.97 Å². The largest absolute Gasteiger partial charge is 1.00 e. The van der Waals surface area contributed by atoms with Gasteiger partial charge in [0.1, 0.15) is 0 Å². The molecule has 0 aromatic carbocycles. The first-order chi connectivity index (χ1) is 2.27. The van der Waals surface area contributed by atoms with Crippen LogP contribution in [0.3, 0.4) is 0 Å². The van der Waals surface area contributed by atoms with Gasteiger partial charge in [-0.3, -0.25) is 6.58 Å². The Bertz CT molecular complexity index is 59.8. The third-order valence-corrected chi connectivity index (χ3v) is 0.144. The number of carbonyl (C=O) groups excluding carboxylic acids is 1. The topological polar surface area (TPSA) is 40.1 Å². The van der Waals surface area contributed by atoms with Crippen molar-refractivity contribution in [1.29, 1.82) is 0 Å². The molecule has 0 heterocycles. The number of carboxylic acids is 1. The van der Waals surface area contributed by atoms with E-state index < -0.39 is 5.97 Å². The summed E-state index contributed by atoms with van der Waals surface area (Å²) in [6.45, 7) is 2.77. The van der Waals surface area contributed by atoms with E-state index in [4.69, 9.17) is 9.90 Å². The van der Waals surface area contributed by atoms with E-state index in [0.29, 0.717) is 0 Å². The van der Waals surface area contributed by atoms with E-state index in [1.54, 1.807) is 6.08 Å². The molecule has 0 saturated carbocycles. The van der Waals surface area contributed by atoms with E-state index in [2.05, 4.69) is 6.58 Å². The summed E-state index contributed by atoms with van der Waals surface area (Å²) in [5, 5.41) is 9.08. The Morgan fingerprint density at radius 2 is 2.00 bits per heavy atom. The molecule has 0 fully saturated rings. The molecule has 0 spiro atoms. The van der Waals surface area contributed by atoms with Gasteiger partial charge in [-0.25, -0.2) is 0 Å². The molecule has 28 valence electrons. The van der Waals surface area contributed by atoms with Gasteiger partial charge in [-0.1, -0.05) is 0 Å². The van der Waals surface area contributed by atoms with E-state index in [-0.39, 0.29) is 29.6 Å². The van der Waals surface area contributed by atoms with E-state index >= 15 is 0 Å². The molecule has 0 aromatic heterocycles. The predicted molar refractivity (Wildman–Crippen MR) is 13.9 cm³/mol. The third kappa shape index (κ3) is 8.88. The molecule has 0 atom stereocenters. The molecule has 0 bridgehead atoms. The summed E-state index contributed by atoms with van der Waals surface area (Å²) in [5.74, 6) is -1.36. The minimum atomic E-state index is -1.36. The number of hydrogen-bond donors (Lipinski definition) is 0. The van der Waals surface area contributed by atoms with Crippen molar-refractivity contribution in [2.45, 2.75) is 0 Å². The maximum atomic E-state index is 9.08. The summed E-state index contributed by atoms with van der Waals surface area (Å²) < 4.78 is 0. The molecule has 0 rings (SSSR count). The molecule has 0 radical (unpaired) electrons. The minimum absolute atomic E-state index is 0.